The molecule has 4 aromatic carbocycles. The molecule has 0 unspecified atom stereocenters. The van der Waals surface area contributed by atoms with Gasteiger partial charge in [0.1, 0.15) is 10.1 Å². The van der Waals surface area contributed by atoms with Crippen LogP contribution in [0.1, 0.15) is 31.8 Å². The molecule has 0 fully saturated rings. The molecular weight excluding hydrogens is 551 g/mol. The number of ketones is 2. The van der Waals surface area contributed by atoms with E-state index in [0.29, 0.717) is 0 Å². The highest BCUT2D eigenvalue weighted by molar-refractivity contribution is 7.85. The number of fused-ring (bicyclic) bond motifs is 2. The maximum atomic E-state index is 12.4. The lowest BCUT2D eigenvalue weighted by molar-refractivity contribution is -0.597. The fraction of sp³-hybridized carbons (Fsp3) is 0. The lowest BCUT2D eigenvalue weighted by atomic mass is 9.84. The summed E-state index contributed by atoms with van der Waals surface area (Å²) in [6, 6.07) is 31.2. The molecule has 0 aromatic heterocycles. The molecule has 7 heteroatoms. The number of carbonyl (C=O) groups is 2. The average Bonchev–Trinajstić information content (AvgIpc) is 2.83. The second kappa shape index (κ2) is 9.78. The monoisotopic (exact) mass is 568 g/mol. The molecule has 0 atom stereocenters. The van der Waals surface area contributed by atoms with Gasteiger partial charge in [-0.3, -0.25) is 9.59 Å². The Labute approximate surface area is 202 Å². The van der Waals surface area contributed by atoms with E-state index in [2.05, 4.69) is 60.7 Å². The molecule has 0 aliphatic heterocycles. The highest BCUT2D eigenvalue weighted by atomic mass is 127. The van der Waals surface area contributed by atoms with Crippen LogP contribution in [-0.2, 0) is 10.1 Å². The van der Waals surface area contributed by atoms with Crippen LogP contribution in [0.4, 0.5) is 0 Å². The zero-order chi connectivity index (χ0) is 23.4. The fourth-order valence-electron chi connectivity index (χ4n) is 3.40. The average molecular weight is 568 g/mol. The molecule has 5 nitrogen and oxygen atoms in total. The first-order chi connectivity index (χ1) is 15.9. The second-order valence-corrected chi connectivity index (χ2v) is 11.4. The highest BCUT2D eigenvalue weighted by Crippen LogP contribution is 2.31. The maximum absolute atomic E-state index is 12.4. The molecular formula is C26H17IO5S. The molecule has 1 aliphatic carbocycles. The number of carbonyl (C=O) groups excluding carboxylic acids is 2. The Hall–Kier alpha value is -3.14. The largest absolute Gasteiger partial charge is 0.744 e. The molecule has 0 bridgehead atoms. The first kappa shape index (κ1) is 23.0. The summed E-state index contributed by atoms with van der Waals surface area (Å²) in [6.07, 6.45) is 0. The predicted molar refractivity (Wildman–Crippen MR) is 118 cm³/mol. The molecule has 0 amide bonds. The number of halogens is 1. The summed E-state index contributed by atoms with van der Waals surface area (Å²) in [5, 5.41) is 0. The summed E-state index contributed by atoms with van der Waals surface area (Å²) in [5.74, 6) is -1.08. The Balaban J connectivity index is 0.000000172. The van der Waals surface area contributed by atoms with Crippen LogP contribution in [0.5, 0.6) is 0 Å². The van der Waals surface area contributed by atoms with Crippen molar-refractivity contribution in [1.82, 2.24) is 0 Å². The van der Waals surface area contributed by atoms with Crippen molar-refractivity contribution in [3.05, 3.63) is 133 Å². The molecule has 0 spiro atoms. The lowest BCUT2D eigenvalue weighted by Crippen LogP contribution is -3.61. The van der Waals surface area contributed by atoms with Crippen molar-refractivity contribution in [2.75, 3.05) is 0 Å². The Morgan fingerprint density at radius 2 is 1.00 bits per heavy atom. The molecule has 33 heavy (non-hydrogen) atoms. The molecule has 0 heterocycles. The van der Waals surface area contributed by atoms with E-state index < -0.39 is 26.6 Å². The summed E-state index contributed by atoms with van der Waals surface area (Å²) in [4.78, 5) is 24.0. The topological polar surface area (TPSA) is 91.3 Å². The maximum Gasteiger partial charge on any atom is 0.357 e. The summed E-state index contributed by atoms with van der Waals surface area (Å²) < 4.78 is 36.7. The first-order valence-corrected chi connectivity index (χ1v) is 13.4. The molecule has 1 aliphatic rings. The number of hydrogen-bond donors (Lipinski definition) is 0. The smallest absolute Gasteiger partial charge is 0.357 e. The van der Waals surface area contributed by atoms with Gasteiger partial charge in [0, 0.05) is 16.7 Å². The van der Waals surface area contributed by atoms with Crippen LogP contribution in [0.3, 0.4) is 0 Å². The normalized spacial score (nSPS) is 12.3. The zero-order valence-electron chi connectivity index (χ0n) is 17.1. The summed E-state index contributed by atoms with van der Waals surface area (Å²) in [5.41, 5.74) is -0.0524. The minimum absolute atomic E-state index is 0.0287. The van der Waals surface area contributed by atoms with Gasteiger partial charge in [-0.1, -0.05) is 72.8 Å². The Kier molecular flexibility index (Phi) is 6.83. The van der Waals surface area contributed by atoms with Gasteiger partial charge in [0.2, 0.25) is 0 Å². The first-order valence-electron chi connectivity index (χ1n) is 9.88. The number of rotatable bonds is 3. The van der Waals surface area contributed by atoms with Gasteiger partial charge in [-0.2, -0.15) is 0 Å². The van der Waals surface area contributed by atoms with Crippen molar-refractivity contribution in [2.24, 2.45) is 0 Å². The van der Waals surface area contributed by atoms with Crippen LogP contribution < -0.4 is 21.2 Å². The molecule has 0 saturated heterocycles. The second-order valence-electron chi connectivity index (χ2n) is 7.02. The molecule has 0 radical (unpaired) electrons. The third kappa shape index (κ3) is 5.11. The van der Waals surface area contributed by atoms with Crippen LogP contribution >= 0.6 is 0 Å². The van der Waals surface area contributed by atoms with E-state index >= 15 is 0 Å². The van der Waals surface area contributed by atoms with Gasteiger partial charge in [-0.25, -0.2) is 8.42 Å². The van der Waals surface area contributed by atoms with E-state index in [0.717, 1.165) is 6.07 Å². The van der Waals surface area contributed by atoms with Crippen LogP contribution in [0, 0.1) is 7.14 Å². The Bertz CT molecular complexity index is 1390. The van der Waals surface area contributed by atoms with Gasteiger partial charge in [-0.15, -0.1) is 0 Å². The van der Waals surface area contributed by atoms with Gasteiger partial charge < -0.3 is 4.55 Å². The quantitative estimate of drug-likeness (QED) is 0.241. The SMILES string of the molecule is O=C1c2ccccc2C(=O)c2c1cccc2S(=O)(=O)[O-].c1ccc([I+]c2ccccc2)cc1. The van der Waals surface area contributed by atoms with Crippen molar-refractivity contribution in [1.29, 1.82) is 0 Å². The van der Waals surface area contributed by atoms with Crippen molar-refractivity contribution >= 4 is 21.7 Å². The van der Waals surface area contributed by atoms with Crippen molar-refractivity contribution in [2.45, 2.75) is 4.90 Å². The third-order valence-electron chi connectivity index (χ3n) is 4.87. The van der Waals surface area contributed by atoms with Crippen LogP contribution in [-0.4, -0.2) is 24.5 Å². The van der Waals surface area contributed by atoms with Gasteiger partial charge in [0.15, 0.2) is 18.7 Å². The molecule has 0 N–H and O–H groups in total. The number of benzene rings is 4. The van der Waals surface area contributed by atoms with E-state index in [1.807, 2.05) is 0 Å². The summed E-state index contributed by atoms with van der Waals surface area (Å²) in [7, 11) is -4.83. The third-order valence-corrected chi connectivity index (χ3v) is 8.43. The molecule has 0 saturated carbocycles. The van der Waals surface area contributed by atoms with E-state index in [-0.39, 0.29) is 43.5 Å². The standard InChI is InChI=1S/C14H8O5S.C12H10I/c15-13-8-4-1-2-5-9(8)14(16)12-10(13)6-3-7-11(12)20(17,18)19;1-3-7-11(8-4-1)13-12-9-5-2-6-10-12/h1-7H,(H,17,18,19);1-10H/q;+1/p-1. The van der Waals surface area contributed by atoms with Gasteiger partial charge in [-0.05, 0) is 30.3 Å². The Morgan fingerprint density at radius 3 is 1.52 bits per heavy atom. The van der Waals surface area contributed by atoms with E-state index in [1.165, 1.54) is 31.4 Å². The molecule has 4 aromatic rings. The summed E-state index contributed by atoms with van der Waals surface area (Å²) >= 11 is 0.0287. The van der Waals surface area contributed by atoms with Crippen LogP contribution in [0.25, 0.3) is 0 Å². The van der Waals surface area contributed by atoms with Gasteiger partial charge in [0.25, 0.3) is 0 Å². The van der Waals surface area contributed by atoms with Gasteiger partial charge in [0.05, 0.1) is 10.5 Å². The number of hydrogen-bond acceptors (Lipinski definition) is 5. The van der Waals surface area contributed by atoms with Crippen LogP contribution in [0.2, 0.25) is 0 Å². The lowest BCUT2D eigenvalue weighted by Gasteiger charge is -2.20. The summed E-state index contributed by atoms with van der Waals surface area (Å²) in [6.45, 7) is 0. The minimum Gasteiger partial charge on any atom is -0.744 e. The zero-order valence-corrected chi connectivity index (χ0v) is 20.1. The van der Waals surface area contributed by atoms with Crippen molar-refractivity contribution in [3.8, 4) is 0 Å². The van der Waals surface area contributed by atoms with Crippen molar-refractivity contribution < 1.29 is 43.8 Å². The van der Waals surface area contributed by atoms with E-state index in [4.69, 9.17) is 0 Å². The predicted octanol–water partition coefficient (Wildman–Crippen LogP) is 1.18. The van der Waals surface area contributed by atoms with E-state index in [9.17, 15) is 22.6 Å². The molecule has 5 rings (SSSR count). The fourth-order valence-corrected chi connectivity index (χ4v) is 6.37. The van der Waals surface area contributed by atoms with E-state index in [1.54, 1.807) is 12.1 Å². The molecule has 164 valence electrons. The van der Waals surface area contributed by atoms with Gasteiger partial charge >= 0.3 is 21.2 Å². The Morgan fingerprint density at radius 1 is 0.545 bits per heavy atom. The minimum atomic E-state index is -4.83. The van der Waals surface area contributed by atoms with Crippen molar-refractivity contribution in [3.63, 3.8) is 0 Å². The highest BCUT2D eigenvalue weighted by Gasteiger charge is 2.32. The van der Waals surface area contributed by atoms with Crippen LogP contribution in [0.15, 0.2) is 108 Å².